The molecule has 3 rings (SSSR count). The van der Waals surface area contributed by atoms with Gasteiger partial charge in [-0.3, -0.25) is 9.59 Å². The molecule has 0 atom stereocenters. The molecule has 0 amide bonds. The zero-order valence-electron chi connectivity index (χ0n) is 20.4. The molecule has 1 fully saturated rings. The van der Waals surface area contributed by atoms with Crippen molar-refractivity contribution in [3.8, 4) is 5.75 Å². The molecule has 2 aromatic rings. The summed E-state index contributed by atoms with van der Waals surface area (Å²) >= 11 is 0. The maximum atomic E-state index is 13.5. The summed E-state index contributed by atoms with van der Waals surface area (Å²) in [6.07, 6.45) is 3.48. The Bertz CT molecular complexity index is 984. The number of carbonyl (C=O) groups is 2. The number of ether oxygens (including phenoxy) is 2. The molecule has 0 bridgehead atoms. The Labute approximate surface area is 191 Å². The number of hydrogen-bond donors (Lipinski definition) is 0. The Morgan fingerprint density at radius 1 is 1.12 bits per heavy atom. The summed E-state index contributed by atoms with van der Waals surface area (Å²) in [5.41, 5.74) is 1.35. The number of carbonyl (C=O) groups excluding carboxylic acids is 2. The number of aromatic nitrogens is 2. The molecular weight excluding hydrogens is 424 g/mol. The summed E-state index contributed by atoms with van der Waals surface area (Å²) < 4.78 is 18.4. The summed E-state index contributed by atoms with van der Waals surface area (Å²) in [6.45, 7) is 11.2. The van der Waals surface area contributed by atoms with E-state index in [1.807, 2.05) is 6.07 Å². The van der Waals surface area contributed by atoms with E-state index in [4.69, 9.17) is 13.9 Å². The average Bonchev–Trinajstić information content (AvgIpc) is 3.09. The molecule has 0 aliphatic heterocycles. The highest BCUT2D eigenvalue weighted by molar-refractivity contribution is 6.74. The van der Waals surface area contributed by atoms with Gasteiger partial charge in [-0.05, 0) is 55.9 Å². The fourth-order valence-electron chi connectivity index (χ4n) is 4.00. The molecule has 1 aromatic carbocycles. The van der Waals surface area contributed by atoms with E-state index in [9.17, 15) is 9.59 Å². The van der Waals surface area contributed by atoms with Crippen LogP contribution >= 0.6 is 0 Å². The molecule has 0 saturated heterocycles. The lowest BCUT2D eigenvalue weighted by atomic mass is 9.84. The molecule has 0 radical (unpaired) electrons. The highest BCUT2D eigenvalue weighted by atomic mass is 28.4. The Hall–Kier alpha value is -2.19. The van der Waals surface area contributed by atoms with Crippen molar-refractivity contribution < 1.29 is 23.5 Å². The molecule has 0 unspecified atom stereocenters. The third-order valence-electron chi connectivity index (χ3n) is 7.00. The van der Waals surface area contributed by atoms with E-state index in [0.29, 0.717) is 17.1 Å². The van der Waals surface area contributed by atoms with Crippen molar-refractivity contribution in [2.45, 2.75) is 77.2 Å². The van der Waals surface area contributed by atoms with E-state index >= 15 is 0 Å². The van der Waals surface area contributed by atoms with E-state index in [0.717, 1.165) is 31.2 Å². The largest absolute Gasteiger partial charge is 0.497 e. The number of Topliss-reactive ketones (excluding diaryl/α,β-unsaturated/α-hetero) is 1. The summed E-state index contributed by atoms with van der Waals surface area (Å²) in [5, 5.41) is 0.166. The molecule has 1 saturated carbocycles. The van der Waals surface area contributed by atoms with E-state index in [1.165, 1.54) is 7.11 Å². The Morgan fingerprint density at radius 2 is 1.78 bits per heavy atom. The van der Waals surface area contributed by atoms with Gasteiger partial charge in [0.15, 0.2) is 14.1 Å². The van der Waals surface area contributed by atoms with E-state index in [2.05, 4.69) is 38.8 Å². The van der Waals surface area contributed by atoms with Crippen LogP contribution in [-0.4, -0.2) is 49.9 Å². The minimum absolute atomic E-state index is 0.0187. The van der Waals surface area contributed by atoms with Crippen molar-refractivity contribution in [3.63, 3.8) is 0 Å². The van der Waals surface area contributed by atoms with Crippen LogP contribution in [-0.2, 0) is 20.5 Å². The van der Waals surface area contributed by atoms with E-state index < -0.39 is 14.3 Å². The molecule has 1 heterocycles. The third kappa shape index (κ3) is 5.07. The third-order valence-corrected chi connectivity index (χ3v) is 11.5. The van der Waals surface area contributed by atoms with Crippen LogP contribution in [0.15, 0.2) is 18.2 Å². The van der Waals surface area contributed by atoms with Crippen LogP contribution in [0.5, 0.6) is 5.75 Å². The van der Waals surface area contributed by atoms with Gasteiger partial charge < -0.3 is 18.5 Å². The van der Waals surface area contributed by atoms with Crippen LogP contribution in [0.25, 0.3) is 11.0 Å². The number of methoxy groups -OCH3 is 2. The first-order chi connectivity index (χ1) is 15.0. The second-order valence-corrected chi connectivity index (χ2v) is 14.9. The Morgan fingerprint density at radius 3 is 2.34 bits per heavy atom. The number of nitrogens with zero attached hydrogens (tertiary/aromatic N) is 2. The quantitative estimate of drug-likeness (QED) is 0.329. The molecule has 176 valence electrons. The molecule has 8 heteroatoms. The van der Waals surface area contributed by atoms with Crippen LogP contribution in [0.3, 0.4) is 0 Å². The summed E-state index contributed by atoms with van der Waals surface area (Å²) in [6, 6.07) is 5.41. The van der Waals surface area contributed by atoms with Gasteiger partial charge in [0.05, 0.1) is 25.3 Å². The number of rotatable bonds is 7. The van der Waals surface area contributed by atoms with E-state index in [1.54, 1.807) is 23.8 Å². The number of ketones is 1. The smallest absolute Gasteiger partial charge is 0.325 e. The zero-order valence-corrected chi connectivity index (χ0v) is 21.4. The molecule has 32 heavy (non-hydrogen) atoms. The standard InChI is InChI=1S/C24H36N2O5Si/c1-24(2,3)32(6,7)31-17-10-8-16(9-11-17)22(28)23-25-19-14-18(29-4)12-13-20(19)26(23)15-21(27)30-5/h12-14,16-17H,8-11,15H2,1-7H3. The topological polar surface area (TPSA) is 79.7 Å². The maximum absolute atomic E-state index is 13.5. The lowest BCUT2D eigenvalue weighted by Crippen LogP contribution is -2.45. The van der Waals surface area contributed by atoms with Gasteiger partial charge in [0, 0.05) is 18.1 Å². The van der Waals surface area contributed by atoms with Crippen molar-refractivity contribution >= 4 is 31.1 Å². The molecule has 0 N–H and O–H groups in total. The highest BCUT2D eigenvalue weighted by Crippen LogP contribution is 2.40. The van der Waals surface area contributed by atoms with Gasteiger partial charge in [0.1, 0.15) is 12.3 Å². The number of esters is 1. The van der Waals surface area contributed by atoms with Crippen LogP contribution in [0, 0.1) is 5.92 Å². The first kappa shape index (κ1) is 24.4. The number of benzene rings is 1. The average molecular weight is 461 g/mol. The normalized spacial score (nSPS) is 19.7. The minimum atomic E-state index is -1.83. The highest BCUT2D eigenvalue weighted by Gasteiger charge is 2.40. The monoisotopic (exact) mass is 460 g/mol. The van der Waals surface area contributed by atoms with Gasteiger partial charge in [-0.1, -0.05) is 20.8 Å². The molecule has 1 aromatic heterocycles. The van der Waals surface area contributed by atoms with Gasteiger partial charge in [0.2, 0.25) is 5.78 Å². The summed E-state index contributed by atoms with van der Waals surface area (Å²) in [5.74, 6) is 0.412. The summed E-state index contributed by atoms with van der Waals surface area (Å²) in [7, 11) is 1.10. The number of hydrogen-bond acceptors (Lipinski definition) is 6. The van der Waals surface area contributed by atoms with Crippen molar-refractivity contribution in [1.82, 2.24) is 9.55 Å². The minimum Gasteiger partial charge on any atom is -0.497 e. The Balaban J connectivity index is 1.79. The fourth-order valence-corrected chi connectivity index (χ4v) is 5.42. The van der Waals surface area contributed by atoms with E-state index in [-0.39, 0.29) is 29.4 Å². The predicted molar refractivity (Wildman–Crippen MR) is 127 cm³/mol. The van der Waals surface area contributed by atoms with Crippen LogP contribution in [0.1, 0.15) is 57.1 Å². The molecule has 7 nitrogen and oxygen atoms in total. The van der Waals surface area contributed by atoms with Crippen molar-refractivity contribution in [1.29, 1.82) is 0 Å². The van der Waals surface area contributed by atoms with Crippen molar-refractivity contribution in [3.05, 3.63) is 24.0 Å². The molecule has 0 spiro atoms. The first-order valence-electron chi connectivity index (χ1n) is 11.3. The zero-order chi connectivity index (χ0) is 23.7. The van der Waals surface area contributed by atoms with Gasteiger partial charge >= 0.3 is 5.97 Å². The fraction of sp³-hybridized carbons (Fsp3) is 0.625. The molecular formula is C24H36N2O5Si. The molecule has 1 aliphatic carbocycles. The first-order valence-corrected chi connectivity index (χ1v) is 14.2. The van der Waals surface area contributed by atoms with Crippen LogP contribution in [0.2, 0.25) is 18.1 Å². The van der Waals surface area contributed by atoms with Crippen molar-refractivity contribution in [2.75, 3.05) is 14.2 Å². The van der Waals surface area contributed by atoms with Gasteiger partial charge in [-0.25, -0.2) is 4.98 Å². The maximum Gasteiger partial charge on any atom is 0.325 e. The molecule has 1 aliphatic rings. The number of fused-ring (bicyclic) bond motifs is 1. The van der Waals surface area contributed by atoms with Gasteiger partial charge in [-0.2, -0.15) is 0 Å². The summed E-state index contributed by atoms with van der Waals surface area (Å²) in [4.78, 5) is 30.1. The SMILES string of the molecule is COC(=O)Cn1c(C(=O)C2CCC(O[Si](C)(C)C(C)(C)C)CC2)nc2cc(OC)ccc21. The van der Waals surface area contributed by atoms with Crippen LogP contribution < -0.4 is 4.74 Å². The van der Waals surface area contributed by atoms with Crippen molar-refractivity contribution in [2.24, 2.45) is 5.92 Å². The lowest BCUT2D eigenvalue weighted by molar-refractivity contribution is -0.141. The Kier molecular flexibility index (Phi) is 7.14. The van der Waals surface area contributed by atoms with Crippen LogP contribution in [0.4, 0.5) is 0 Å². The van der Waals surface area contributed by atoms with Gasteiger partial charge in [0.25, 0.3) is 0 Å². The second kappa shape index (κ2) is 9.35. The second-order valence-electron chi connectivity index (χ2n) is 10.2. The number of imidazole rings is 1. The predicted octanol–water partition coefficient (Wildman–Crippen LogP) is 4.98. The van der Waals surface area contributed by atoms with Gasteiger partial charge in [-0.15, -0.1) is 0 Å². The lowest BCUT2D eigenvalue weighted by Gasteiger charge is -2.41.